The maximum Gasteiger partial charge on any atom is 0.246 e. The minimum Gasteiger partial charge on any atom is -0.340 e. The Morgan fingerprint density at radius 1 is 1.11 bits per heavy atom. The molecule has 1 aromatic carbocycles. The SMILES string of the molecule is CCN(CC)C(=O)C=Cc1cc(C)c(C)c(C)c1. The molecule has 0 aliphatic carbocycles. The highest BCUT2D eigenvalue weighted by Gasteiger charge is 2.05. The number of carbonyl (C=O) groups is 1. The van der Waals surface area contributed by atoms with Gasteiger partial charge in [0.1, 0.15) is 0 Å². The van der Waals surface area contributed by atoms with Gasteiger partial charge in [0.05, 0.1) is 0 Å². The second-order valence-electron chi connectivity index (χ2n) is 4.62. The normalized spacial score (nSPS) is 10.9. The van der Waals surface area contributed by atoms with Gasteiger partial charge in [0, 0.05) is 19.2 Å². The molecule has 1 amide bonds. The van der Waals surface area contributed by atoms with E-state index in [0.29, 0.717) is 0 Å². The van der Waals surface area contributed by atoms with Crippen molar-refractivity contribution in [3.05, 3.63) is 40.5 Å². The summed E-state index contributed by atoms with van der Waals surface area (Å²) < 4.78 is 0. The minimum absolute atomic E-state index is 0.0795. The summed E-state index contributed by atoms with van der Waals surface area (Å²) in [5, 5.41) is 0. The van der Waals surface area contributed by atoms with Crippen LogP contribution in [0.25, 0.3) is 6.08 Å². The summed E-state index contributed by atoms with van der Waals surface area (Å²) in [4.78, 5) is 13.7. The quantitative estimate of drug-likeness (QED) is 0.744. The van der Waals surface area contributed by atoms with Gasteiger partial charge >= 0.3 is 0 Å². The van der Waals surface area contributed by atoms with Gasteiger partial charge in [-0.1, -0.05) is 12.1 Å². The van der Waals surface area contributed by atoms with Gasteiger partial charge in [0.15, 0.2) is 0 Å². The fraction of sp³-hybridized carbons (Fsp3) is 0.438. The number of likely N-dealkylation sites (N-methyl/N-ethyl adjacent to an activating group) is 1. The van der Waals surface area contributed by atoms with Crippen LogP contribution in [0.4, 0.5) is 0 Å². The first-order chi connectivity index (χ1) is 8.49. The molecule has 2 heteroatoms. The van der Waals surface area contributed by atoms with Crippen molar-refractivity contribution in [2.75, 3.05) is 13.1 Å². The highest BCUT2D eigenvalue weighted by Crippen LogP contribution is 2.16. The molecule has 1 aromatic rings. The van der Waals surface area contributed by atoms with Crippen molar-refractivity contribution in [3.63, 3.8) is 0 Å². The molecule has 0 fully saturated rings. The molecule has 0 bridgehead atoms. The Bertz CT molecular complexity index is 433. The smallest absolute Gasteiger partial charge is 0.246 e. The van der Waals surface area contributed by atoms with Crippen molar-refractivity contribution in [2.45, 2.75) is 34.6 Å². The van der Waals surface area contributed by atoms with Crippen molar-refractivity contribution >= 4 is 12.0 Å². The molecule has 0 saturated heterocycles. The third-order valence-corrected chi connectivity index (χ3v) is 3.44. The summed E-state index contributed by atoms with van der Waals surface area (Å²) in [6.45, 7) is 11.8. The predicted octanol–water partition coefficient (Wildman–Crippen LogP) is 3.49. The van der Waals surface area contributed by atoms with Crippen molar-refractivity contribution < 1.29 is 4.79 Å². The van der Waals surface area contributed by atoms with Crippen LogP contribution >= 0.6 is 0 Å². The van der Waals surface area contributed by atoms with Crippen LogP contribution < -0.4 is 0 Å². The number of hydrogen-bond donors (Lipinski definition) is 0. The Kier molecular flexibility index (Phi) is 5.14. The molecule has 0 aliphatic heterocycles. The van der Waals surface area contributed by atoms with Crippen molar-refractivity contribution in [1.82, 2.24) is 4.90 Å². The summed E-state index contributed by atoms with van der Waals surface area (Å²) in [6, 6.07) is 4.24. The van der Waals surface area contributed by atoms with Crippen LogP contribution in [-0.2, 0) is 4.79 Å². The Hall–Kier alpha value is -1.57. The number of carbonyl (C=O) groups excluding carboxylic acids is 1. The van der Waals surface area contributed by atoms with Crippen LogP contribution in [0.15, 0.2) is 18.2 Å². The number of amides is 1. The summed E-state index contributed by atoms with van der Waals surface area (Å²) in [5.74, 6) is 0.0795. The summed E-state index contributed by atoms with van der Waals surface area (Å²) in [7, 11) is 0. The molecule has 0 atom stereocenters. The lowest BCUT2D eigenvalue weighted by Gasteiger charge is -2.15. The maximum absolute atomic E-state index is 11.9. The molecule has 0 spiro atoms. The first kappa shape index (κ1) is 14.5. The average Bonchev–Trinajstić information content (AvgIpc) is 2.34. The van der Waals surface area contributed by atoms with E-state index in [9.17, 15) is 4.79 Å². The third kappa shape index (κ3) is 3.46. The number of rotatable bonds is 4. The van der Waals surface area contributed by atoms with E-state index >= 15 is 0 Å². The molecule has 0 radical (unpaired) electrons. The second kappa shape index (κ2) is 6.39. The summed E-state index contributed by atoms with van der Waals surface area (Å²) in [5.41, 5.74) is 4.95. The minimum atomic E-state index is 0.0795. The van der Waals surface area contributed by atoms with Crippen LogP contribution in [-0.4, -0.2) is 23.9 Å². The van der Waals surface area contributed by atoms with Gasteiger partial charge in [-0.15, -0.1) is 0 Å². The second-order valence-corrected chi connectivity index (χ2v) is 4.62. The van der Waals surface area contributed by atoms with Crippen molar-refractivity contribution in [3.8, 4) is 0 Å². The molecular weight excluding hydrogens is 222 g/mol. The van der Waals surface area contributed by atoms with Gasteiger partial charge in [-0.2, -0.15) is 0 Å². The zero-order chi connectivity index (χ0) is 13.7. The lowest BCUT2D eigenvalue weighted by molar-refractivity contribution is -0.125. The maximum atomic E-state index is 11.9. The van der Waals surface area contributed by atoms with Gasteiger partial charge in [-0.3, -0.25) is 4.79 Å². The zero-order valence-corrected chi connectivity index (χ0v) is 12.1. The summed E-state index contributed by atoms with van der Waals surface area (Å²) >= 11 is 0. The molecule has 0 aromatic heterocycles. The summed E-state index contributed by atoms with van der Waals surface area (Å²) in [6.07, 6.45) is 3.57. The Morgan fingerprint density at radius 2 is 1.61 bits per heavy atom. The van der Waals surface area contributed by atoms with Gasteiger partial charge in [-0.05, 0) is 62.9 Å². The molecule has 98 valence electrons. The first-order valence-corrected chi connectivity index (χ1v) is 6.54. The van der Waals surface area contributed by atoms with Crippen molar-refractivity contribution in [1.29, 1.82) is 0 Å². The van der Waals surface area contributed by atoms with Crippen LogP contribution in [0.5, 0.6) is 0 Å². The van der Waals surface area contributed by atoms with E-state index in [4.69, 9.17) is 0 Å². The third-order valence-electron chi connectivity index (χ3n) is 3.44. The van der Waals surface area contributed by atoms with Gasteiger partial charge < -0.3 is 4.90 Å². The molecular formula is C16H23NO. The van der Waals surface area contributed by atoms with Crippen LogP contribution in [0.2, 0.25) is 0 Å². The molecule has 1 rings (SSSR count). The van der Waals surface area contributed by atoms with Gasteiger partial charge in [0.25, 0.3) is 0 Å². The van der Waals surface area contributed by atoms with Crippen LogP contribution in [0.1, 0.15) is 36.1 Å². The molecule has 0 saturated carbocycles. The number of nitrogens with zero attached hydrogens (tertiary/aromatic N) is 1. The topological polar surface area (TPSA) is 20.3 Å². The highest BCUT2D eigenvalue weighted by atomic mass is 16.2. The standard InChI is InChI=1S/C16H23NO/c1-6-17(7-2)16(18)9-8-15-10-12(3)14(5)13(4)11-15/h8-11H,6-7H2,1-5H3. The predicted molar refractivity (Wildman–Crippen MR) is 77.6 cm³/mol. The van der Waals surface area contributed by atoms with E-state index in [1.54, 1.807) is 6.08 Å². The van der Waals surface area contributed by atoms with E-state index in [-0.39, 0.29) is 5.91 Å². The Balaban J connectivity index is 2.88. The highest BCUT2D eigenvalue weighted by molar-refractivity contribution is 5.91. The molecule has 2 nitrogen and oxygen atoms in total. The van der Waals surface area contributed by atoms with E-state index in [1.165, 1.54) is 16.7 Å². The molecule has 0 unspecified atom stereocenters. The first-order valence-electron chi connectivity index (χ1n) is 6.54. The fourth-order valence-electron chi connectivity index (χ4n) is 1.97. The molecule has 0 aliphatic rings. The number of benzene rings is 1. The van der Waals surface area contributed by atoms with Crippen LogP contribution in [0.3, 0.4) is 0 Å². The molecule has 18 heavy (non-hydrogen) atoms. The van der Waals surface area contributed by atoms with Gasteiger partial charge in [0.2, 0.25) is 5.91 Å². The largest absolute Gasteiger partial charge is 0.340 e. The monoisotopic (exact) mass is 245 g/mol. The van der Waals surface area contributed by atoms with E-state index in [2.05, 4.69) is 32.9 Å². The van der Waals surface area contributed by atoms with E-state index < -0.39 is 0 Å². The van der Waals surface area contributed by atoms with Crippen molar-refractivity contribution in [2.24, 2.45) is 0 Å². The number of hydrogen-bond acceptors (Lipinski definition) is 1. The Morgan fingerprint density at radius 3 is 2.06 bits per heavy atom. The fourth-order valence-corrected chi connectivity index (χ4v) is 1.97. The van der Waals surface area contributed by atoms with Crippen LogP contribution in [0, 0.1) is 20.8 Å². The molecule has 0 heterocycles. The van der Waals surface area contributed by atoms with Gasteiger partial charge in [-0.25, -0.2) is 0 Å². The molecule has 0 N–H and O–H groups in total. The Labute approximate surface area is 110 Å². The lowest BCUT2D eigenvalue weighted by Crippen LogP contribution is -2.28. The average molecular weight is 245 g/mol. The number of aryl methyl sites for hydroxylation is 2. The zero-order valence-electron chi connectivity index (χ0n) is 12.1. The van der Waals surface area contributed by atoms with E-state index in [1.807, 2.05) is 24.8 Å². The lowest BCUT2D eigenvalue weighted by atomic mass is 10.0. The van der Waals surface area contributed by atoms with E-state index in [0.717, 1.165) is 18.7 Å².